The molecule has 1 aliphatic rings. The first-order valence-corrected chi connectivity index (χ1v) is 8.90. The molecule has 6 nitrogen and oxygen atoms in total. The molecule has 1 saturated heterocycles. The zero-order valence-electron chi connectivity index (χ0n) is 15.1. The van der Waals surface area contributed by atoms with Crippen molar-refractivity contribution in [3.8, 4) is 5.75 Å². The highest BCUT2D eigenvalue weighted by Crippen LogP contribution is 2.37. The number of carbonyl (C=O) groups is 1. The second-order valence-electron chi connectivity index (χ2n) is 6.71. The monoisotopic (exact) mass is 366 g/mol. The summed E-state index contributed by atoms with van der Waals surface area (Å²) in [5, 5.41) is 0.973. The fourth-order valence-corrected chi connectivity index (χ4v) is 3.60. The molecule has 0 aliphatic carbocycles. The lowest BCUT2D eigenvalue weighted by Gasteiger charge is -2.18. The Balaban J connectivity index is 1.63. The van der Waals surface area contributed by atoms with Crippen LogP contribution in [0.5, 0.6) is 5.75 Å². The van der Waals surface area contributed by atoms with Crippen molar-refractivity contribution in [3.05, 3.63) is 65.9 Å². The molecule has 0 radical (unpaired) electrons. The Bertz CT molecular complexity index is 938. The van der Waals surface area contributed by atoms with E-state index >= 15 is 0 Å². The second kappa shape index (κ2) is 7.42. The van der Waals surface area contributed by atoms with E-state index in [-0.39, 0.29) is 5.92 Å². The summed E-state index contributed by atoms with van der Waals surface area (Å²) in [5.74, 6) is 0.0952. The van der Waals surface area contributed by atoms with Crippen LogP contribution >= 0.6 is 0 Å². The number of cyclic esters (lactones) is 1. The number of ether oxygens (including phenoxy) is 3. The summed E-state index contributed by atoms with van der Waals surface area (Å²) < 4.78 is 16.5. The Morgan fingerprint density at radius 1 is 1.19 bits per heavy atom. The lowest BCUT2D eigenvalue weighted by atomic mass is 9.89. The van der Waals surface area contributed by atoms with Crippen LogP contribution in [0.3, 0.4) is 0 Å². The van der Waals surface area contributed by atoms with Crippen LogP contribution in [-0.4, -0.2) is 36.8 Å². The first-order valence-electron chi connectivity index (χ1n) is 8.90. The SMILES string of the molecule is COC[C@H]1OC(=O)[C@@H](N)[C@@H]1c1c[nH]c2ccc(OCc3ccccc3)cc12. The smallest absolute Gasteiger partial charge is 0.324 e. The topological polar surface area (TPSA) is 86.6 Å². The minimum Gasteiger partial charge on any atom is -0.489 e. The van der Waals surface area contributed by atoms with Crippen LogP contribution in [0.2, 0.25) is 0 Å². The molecule has 2 heterocycles. The number of fused-ring (bicyclic) bond motifs is 1. The van der Waals surface area contributed by atoms with Gasteiger partial charge in [-0.15, -0.1) is 0 Å². The van der Waals surface area contributed by atoms with Crippen molar-refractivity contribution in [2.45, 2.75) is 24.7 Å². The Labute approximate surface area is 157 Å². The Morgan fingerprint density at radius 3 is 2.78 bits per heavy atom. The third-order valence-electron chi connectivity index (χ3n) is 4.95. The average Bonchev–Trinajstić information content (AvgIpc) is 3.21. The molecule has 1 fully saturated rings. The third-order valence-corrected chi connectivity index (χ3v) is 4.95. The quantitative estimate of drug-likeness (QED) is 0.655. The number of aromatic amines is 1. The molecule has 6 heteroatoms. The third kappa shape index (κ3) is 3.41. The predicted octanol–water partition coefficient (Wildman–Crippen LogP) is 2.73. The number of methoxy groups -OCH3 is 1. The van der Waals surface area contributed by atoms with Gasteiger partial charge in [0.2, 0.25) is 0 Å². The van der Waals surface area contributed by atoms with Crippen LogP contribution in [0.15, 0.2) is 54.7 Å². The first-order chi connectivity index (χ1) is 13.2. The summed E-state index contributed by atoms with van der Waals surface area (Å²) in [6.07, 6.45) is 1.49. The average molecular weight is 366 g/mol. The lowest BCUT2D eigenvalue weighted by Crippen LogP contribution is -2.33. The van der Waals surface area contributed by atoms with E-state index in [0.717, 1.165) is 27.8 Å². The van der Waals surface area contributed by atoms with Crippen molar-refractivity contribution in [2.24, 2.45) is 5.73 Å². The van der Waals surface area contributed by atoms with Crippen LogP contribution in [0.25, 0.3) is 10.9 Å². The number of hydrogen-bond acceptors (Lipinski definition) is 5. The largest absolute Gasteiger partial charge is 0.489 e. The molecule has 4 rings (SSSR count). The molecule has 0 amide bonds. The van der Waals surface area contributed by atoms with Gasteiger partial charge in [0.25, 0.3) is 0 Å². The van der Waals surface area contributed by atoms with E-state index in [9.17, 15) is 4.79 Å². The molecular weight excluding hydrogens is 344 g/mol. The number of H-pyrrole nitrogens is 1. The number of nitrogens with one attached hydrogen (secondary N) is 1. The maximum atomic E-state index is 12.0. The number of nitrogens with two attached hydrogens (primary N) is 1. The number of benzene rings is 2. The maximum absolute atomic E-state index is 12.0. The summed E-state index contributed by atoms with van der Waals surface area (Å²) >= 11 is 0. The van der Waals surface area contributed by atoms with E-state index in [1.54, 1.807) is 7.11 Å². The highest BCUT2D eigenvalue weighted by molar-refractivity contribution is 5.88. The lowest BCUT2D eigenvalue weighted by molar-refractivity contribution is -0.143. The van der Waals surface area contributed by atoms with Gasteiger partial charge in [0.1, 0.15) is 24.5 Å². The van der Waals surface area contributed by atoms with Crippen molar-refractivity contribution in [3.63, 3.8) is 0 Å². The van der Waals surface area contributed by atoms with Crippen molar-refractivity contribution in [2.75, 3.05) is 13.7 Å². The molecule has 0 saturated carbocycles. The van der Waals surface area contributed by atoms with Gasteiger partial charge < -0.3 is 24.9 Å². The highest BCUT2D eigenvalue weighted by atomic mass is 16.6. The Hall–Kier alpha value is -2.83. The van der Waals surface area contributed by atoms with Crippen LogP contribution in [0, 0.1) is 0 Å². The van der Waals surface area contributed by atoms with Gasteiger partial charge in [0, 0.05) is 24.2 Å². The van der Waals surface area contributed by atoms with Crippen LogP contribution in [0.4, 0.5) is 0 Å². The number of rotatable bonds is 6. The maximum Gasteiger partial charge on any atom is 0.324 e. The van der Waals surface area contributed by atoms with E-state index in [4.69, 9.17) is 19.9 Å². The van der Waals surface area contributed by atoms with E-state index in [1.807, 2.05) is 54.7 Å². The molecule has 27 heavy (non-hydrogen) atoms. The van der Waals surface area contributed by atoms with Gasteiger partial charge in [-0.05, 0) is 29.3 Å². The minimum atomic E-state index is -0.710. The molecule has 3 atom stereocenters. The number of aromatic nitrogens is 1. The number of hydrogen-bond donors (Lipinski definition) is 2. The van der Waals surface area contributed by atoms with Gasteiger partial charge in [-0.25, -0.2) is 0 Å². The standard InChI is InChI=1S/C21H22N2O4/c1-25-12-18-19(20(22)21(24)27-18)16-10-23-17-8-7-14(9-15(16)17)26-11-13-5-3-2-4-6-13/h2-10,18-20,23H,11-12,22H2,1H3/t18-,19-,20+/m1/s1. The van der Waals surface area contributed by atoms with Crippen molar-refractivity contribution < 1.29 is 19.0 Å². The summed E-state index contributed by atoms with van der Waals surface area (Å²) in [7, 11) is 1.58. The molecule has 0 spiro atoms. The van der Waals surface area contributed by atoms with Crippen molar-refractivity contribution >= 4 is 16.9 Å². The molecule has 140 valence electrons. The molecule has 0 bridgehead atoms. The van der Waals surface area contributed by atoms with Crippen LogP contribution < -0.4 is 10.5 Å². The molecule has 0 unspecified atom stereocenters. The molecule has 1 aromatic heterocycles. The van der Waals surface area contributed by atoms with Gasteiger partial charge in [-0.3, -0.25) is 4.79 Å². The minimum absolute atomic E-state index is 0.268. The molecule has 3 N–H and O–H groups in total. The molecule has 3 aromatic rings. The van der Waals surface area contributed by atoms with Gasteiger partial charge in [-0.2, -0.15) is 0 Å². The fourth-order valence-electron chi connectivity index (χ4n) is 3.60. The summed E-state index contributed by atoms with van der Waals surface area (Å²) in [4.78, 5) is 15.2. The fraction of sp³-hybridized carbons (Fsp3) is 0.286. The van der Waals surface area contributed by atoms with Gasteiger partial charge in [0.05, 0.1) is 12.5 Å². The van der Waals surface area contributed by atoms with Gasteiger partial charge >= 0.3 is 5.97 Å². The van der Waals surface area contributed by atoms with Crippen molar-refractivity contribution in [1.82, 2.24) is 4.98 Å². The van der Waals surface area contributed by atoms with Crippen LogP contribution in [-0.2, 0) is 20.9 Å². The van der Waals surface area contributed by atoms with E-state index in [1.165, 1.54) is 0 Å². The highest BCUT2D eigenvalue weighted by Gasteiger charge is 2.44. The van der Waals surface area contributed by atoms with Gasteiger partial charge in [0.15, 0.2) is 0 Å². The van der Waals surface area contributed by atoms with Gasteiger partial charge in [-0.1, -0.05) is 30.3 Å². The van der Waals surface area contributed by atoms with E-state index in [2.05, 4.69) is 4.98 Å². The molecular formula is C21H22N2O4. The predicted molar refractivity (Wildman–Crippen MR) is 102 cm³/mol. The zero-order valence-corrected chi connectivity index (χ0v) is 15.1. The first kappa shape index (κ1) is 17.6. The Morgan fingerprint density at radius 2 is 2.00 bits per heavy atom. The van der Waals surface area contributed by atoms with E-state index < -0.39 is 18.1 Å². The van der Waals surface area contributed by atoms with Crippen LogP contribution in [0.1, 0.15) is 17.0 Å². The summed E-state index contributed by atoms with van der Waals surface area (Å²) in [6, 6.07) is 15.2. The molecule has 1 aliphatic heterocycles. The Kier molecular flexibility index (Phi) is 4.83. The second-order valence-corrected chi connectivity index (χ2v) is 6.71. The summed E-state index contributed by atoms with van der Waals surface area (Å²) in [5.41, 5.74) is 9.12. The zero-order chi connectivity index (χ0) is 18.8. The molecule has 2 aromatic carbocycles. The number of carbonyl (C=O) groups excluding carboxylic acids is 1. The normalized spacial score (nSPS) is 22.1. The van der Waals surface area contributed by atoms with Crippen molar-refractivity contribution in [1.29, 1.82) is 0 Å². The van der Waals surface area contributed by atoms with E-state index in [0.29, 0.717) is 13.2 Å². The number of esters is 1. The summed E-state index contributed by atoms with van der Waals surface area (Å²) in [6.45, 7) is 0.796.